The van der Waals surface area contributed by atoms with Crippen LogP contribution < -0.4 is 10.6 Å². The molecule has 1 aromatic carbocycles. The van der Waals surface area contributed by atoms with Gasteiger partial charge in [-0.05, 0) is 37.0 Å². The number of alkyl halides is 3. The fraction of sp³-hybridized carbons (Fsp3) is 0.500. The lowest BCUT2D eigenvalue weighted by Crippen LogP contribution is -2.42. The third-order valence-electron chi connectivity index (χ3n) is 3.42. The van der Waals surface area contributed by atoms with Crippen LogP contribution in [0.5, 0.6) is 0 Å². The molecular formula is C14H16F4N2O. The highest BCUT2D eigenvalue weighted by atomic mass is 19.4. The van der Waals surface area contributed by atoms with E-state index in [1.807, 2.05) is 0 Å². The van der Waals surface area contributed by atoms with Gasteiger partial charge in [-0.25, -0.2) is 4.39 Å². The molecule has 0 radical (unpaired) electrons. The molecule has 1 saturated heterocycles. The van der Waals surface area contributed by atoms with E-state index in [0.29, 0.717) is 18.5 Å². The maximum atomic E-state index is 13.2. The molecule has 7 heteroatoms. The van der Waals surface area contributed by atoms with Crippen molar-refractivity contribution in [2.75, 3.05) is 6.54 Å². The molecule has 1 fully saturated rings. The van der Waals surface area contributed by atoms with Gasteiger partial charge < -0.3 is 10.6 Å². The topological polar surface area (TPSA) is 41.1 Å². The molecule has 1 aliphatic rings. The SMILES string of the molecule is O=C1NCCCCC1NCc1ccc(F)c(C(F)(F)F)c1. The number of amides is 1. The van der Waals surface area contributed by atoms with E-state index in [2.05, 4.69) is 10.6 Å². The van der Waals surface area contributed by atoms with Crippen molar-refractivity contribution in [1.29, 1.82) is 0 Å². The molecule has 0 bridgehead atoms. The Labute approximate surface area is 119 Å². The van der Waals surface area contributed by atoms with E-state index in [9.17, 15) is 22.4 Å². The first kappa shape index (κ1) is 15.8. The normalized spacial score (nSPS) is 20.0. The van der Waals surface area contributed by atoms with E-state index >= 15 is 0 Å². The van der Waals surface area contributed by atoms with Gasteiger partial charge in [0.25, 0.3) is 0 Å². The summed E-state index contributed by atoms with van der Waals surface area (Å²) in [5, 5.41) is 5.66. The van der Waals surface area contributed by atoms with Gasteiger partial charge in [-0.3, -0.25) is 4.79 Å². The highest BCUT2D eigenvalue weighted by Crippen LogP contribution is 2.31. The molecule has 1 aliphatic heterocycles. The van der Waals surface area contributed by atoms with Gasteiger partial charge in [0.1, 0.15) is 5.82 Å². The van der Waals surface area contributed by atoms with Crippen LogP contribution in [0.25, 0.3) is 0 Å². The standard InChI is InChI=1S/C14H16F4N2O/c15-11-5-4-9(7-10(11)14(16,17)18)8-20-12-3-1-2-6-19-13(12)21/h4-5,7,12,20H,1-3,6,8H2,(H,19,21). The number of rotatable bonds is 3. The predicted octanol–water partition coefficient (Wildman–Crippen LogP) is 2.60. The minimum absolute atomic E-state index is 0.0848. The van der Waals surface area contributed by atoms with Crippen LogP contribution >= 0.6 is 0 Å². The molecule has 0 spiro atoms. The Morgan fingerprint density at radius 2 is 2.05 bits per heavy atom. The second-order valence-electron chi connectivity index (χ2n) is 5.03. The largest absolute Gasteiger partial charge is 0.419 e. The average Bonchev–Trinajstić information content (AvgIpc) is 2.61. The first-order valence-corrected chi connectivity index (χ1v) is 6.74. The van der Waals surface area contributed by atoms with Crippen LogP contribution in [0.2, 0.25) is 0 Å². The molecule has 0 aliphatic carbocycles. The van der Waals surface area contributed by atoms with Crippen LogP contribution in [-0.4, -0.2) is 18.5 Å². The highest BCUT2D eigenvalue weighted by molar-refractivity contribution is 5.81. The Kier molecular flexibility index (Phi) is 4.82. The van der Waals surface area contributed by atoms with Crippen molar-refractivity contribution in [3.05, 3.63) is 35.1 Å². The van der Waals surface area contributed by atoms with Crippen LogP contribution in [0.3, 0.4) is 0 Å². The second-order valence-corrected chi connectivity index (χ2v) is 5.03. The summed E-state index contributed by atoms with van der Waals surface area (Å²) in [4.78, 5) is 11.7. The van der Waals surface area contributed by atoms with Gasteiger partial charge in [-0.1, -0.05) is 6.07 Å². The van der Waals surface area contributed by atoms with E-state index in [1.165, 1.54) is 6.07 Å². The Balaban J connectivity index is 2.04. The Morgan fingerprint density at radius 3 is 2.76 bits per heavy atom. The monoisotopic (exact) mass is 304 g/mol. The van der Waals surface area contributed by atoms with Gasteiger partial charge in [-0.15, -0.1) is 0 Å². The van der Waals surface area contributed by atoms with Crippen molar-refractivity contribution in [3.8, 4) is 0 Å². The number of hydrogen-bond donors (Lipinski definition) is 2. The second kappa shape index (κ2) is 6.43. The van der Waals surface area contributed by atoms with Crippen molar-refractivity contribution in [2.24, 2.45) is 0 Å². The molecule has 2 N–H and O–H groups in total. The summed E-state index contributed by atoms with van der Waals surface area (Å²) in [5.41, 5.74) is -0.993. The van der Waals surface area contributed by atoms with Gasteiger partial charge in [0.05, 0.1) is 11.6 Å². The Bertz CT molecular complexity index is 516. The summed E-state index contributed by atoms with van der Waals surface area (Å²) in [7, 11) is 0. The number of hydrogen-bond acceptors (Lipinski definition) is 2. The van der Waals surface area contributed by atoms with Crippen molar-refractivity contribution in [2.45, 2.75) is 38.0 Å². The lowest BCUT2D eigenvalue weighted by Gasteiger charge is -2.16. The molecule has 1 aromatic rings. The molecule has 0 saturated carbocycles. The number of halogens is 4. The molecule has 1 unspecified atom stereocenters. The van der Waals surface area contributed by atoms with Crippen molar-refractivity contribution >= 4 is 5.91 Å². The minimum atomic E-state index is -4.72. The zero-order chi connectivity index (χ0) is 15.5. The van der Waals surface area contributed by atoms with E-state index in [4.69, 9.17) is 0 Å². The van der Waals surface area contributed by atoms with Crippen LogP contribution in [0, 0.1) is 5.82 Å². The first-order valence-electron chi connectivity index (χ1n) is 6.74. The summed E-state index contributed by atoms with van der Waals surface area (Å²) in [5.74, 6) is -1.44. The lowest BCUT2D eigenvalue weighted by molar-refractivity contribution is -0.140. The summed E-state index contributed by atoms with van der Waals surface area (Å²) < 4.78 is 51.0. The van der Waals surface area contributed by atoms with E-state index < -0.39 is 23.6 Å². The Morgan fingerprint density at radius 1 is 1.29 bits per heavy atom. The number of carbonyl (C=O) groups is 1. The van der Waals surface area contributed by atoms with Gasteiger partial charge in [0, 0.05) is 13.1 Å². The zero-order valence-corrected chi connectivity index (χ0v) is 11.3. The lowest BCUT2D eigenvalue weighted by atomic mass is 10.1. The summed E-state index contributed by atoms with van der Waals surface area (Å²) in [6, 6.07) is 2.43. The molecular weight excluding hydrogens is 288 g/mol. The molecule has 0 aromatic heterocycles. The van der Waals surface area contributed by atoms with E-state index in [-0.39, 0.29) is 12.5 Å². The zero-order valence-electron chi connectivity index (χ0n) is 11.3. The first-order chi connectivity index (χ1) is 9.88. The van der Waals surface area contributed by atoms with Crippen molar-refractivity contribution in [3.63, 3.8) is 0 Å². The highest BCUT2D eigenvalue weighted by Gasteiger charge is 2.34. The predicted molar refractivity (Wildman–Crippen MR) is 68.9 cm³/mol. The van der Waals surface area contributed by atoms with Gasteiger partial charge in [0.2, 0.25) is 5.91 Å². The van der Waals surface area contributed by atoms with Gasteiger partial charge >= 0.3 is 6.18 Å². The average molecular weight is 304 g/mol. The third-order valence-corrected chi connectivity index (χ3v) is 3.42. The summed E-state index contributed by atoms with van der Waals surface area (Å²) >= 11 is 0. The quantitative estimate of drug-likeness (QED) is 0.843. The van der Waals surface area contributed by atoms with Crippen molar-refractivity contribution < 1.29 is 22.4 Å². The number of benzene rings is 1. The Hall–Kier alpha value is -1.63. The van der Waals surface area contributed by atoms with Crippen molar-refractivity contribution in [1.82, 2.24) is 10.6 Å². The maximum absolute atomic E-state index is 13.2. The molecule has 1 atom stereocenters. The molecule has 3 nitrogen and oxygen atoms in total. The van der Waals surface area contributed by atoms with Gasteiger partial charge in [0.15, 0.2) is 0 Å². The van der Waals surface area contributed by atoms with Crippen LogP contribution in [0.1, 0.15) is 30.4 Å². The van der Waals surface area contributed by atoms with Gasteiger partial charge in [-0.2, -0.15) is 13.2 Å². The summed E-state index contributed by atoms with van der Waals surface area (Å²) in [6.07, 6.45) is -2.33. The van der Waals surface area contributed by atoms with Crippen LogP contribution in [-0.2, 0) is 17.5 Å². The number of nitrogens with one attached hydrogen (secondary N) is 2. The summed E-state index contributed by atoms with van der Waals surface area (Å²) in [6.45, 7) is 0.702. The van der Waals surface area contributed by atoms with Crippen LogP contribution in [0.4, 0.5) is 17.6 Å². The molecule has 2 rings (SSSR count). The number of carbonyl (C=O) groups excluding carboxylic acids is 1. The molecule has 21 heavy (non-hydrogen) atoms. The van der Waals surface area contributed by atoms with E-state index in [1.54, 1.807) is 0 Å². The molecule has 1 heterocycles. The molecule has 116 valence electrons. The maximum Gasteiger partial charge on any atom is 0.419 e. The smallest absolute Gasteiger partial charge is 0.355 e. The van der Waals surface area contributed by atoms with Crippen LogP contribution in [0.15, 0.2) is 18.2 Å². The minimum Gasteiger partial charge on any atom is -0.355 e. The fourth-order valence-electron chi connectivity index (χ4n) is 2.27. The molecule has 1 amide bonds. The van der Waals surface area contributed by atoms with E-state index in [0.717, 1.165) is 25.0 Å². The third kappa shape index (κ3) is 4.17. The fourth-order valence-corrected chi connectivity index (χ4v) is 2.27.